The molecule has 0 heterocycles. The summed E-state index contributed by atoms with van der Waals surface area (Å²) in [5, 5.41) is 3.61. The van der Waals surface area contributed by atoms with Gasteiger partial charge in [0.05, 0.1) is 13.7 Å². The zero-order valence-corrected chi connectivity index (χ0v) is 20.7. The van der Waals surface area contributed by atoms with Gasteiger partial charge >= 0.3 is 0 Å². The van der Waals surface area contributed by atoms with Gasteiger partial charge in [-0.15, -0.1) is 0 Å². The topological polar surface area (TPSA) is 67.9 Å². The molecule has 180 valence electrons. The normalized spacial score (nSPS) is 11.7. The van der Waals surface area contributed by atoms with Crippen LogP contribution in [0.15, 0.2) is 48.5 Å². The van der Waals surface area contributed by atoms with Crippen LogP contribution in [0.5, 0.6) is 11.5 Å². The van der Waals surface area contributed by atoms with E-state index < -0.39 is 6.04 Å². The highest BCUT2D eigenvalue weighted by Crippen LogP contribution is 2.19. The van der Waals surface area contributed by atoms with E-state index in [2.05, 4.69) is 5.32 Å². The summed E-state index contributed by atoms with van der Waals surface area (Å²) in [6.45, 7) is 7.34. The summed E-state index contributed by atoms with van der Waals surface area (Å²) < 4.78 is 10.9. The molecule has 2 amide bonds. The molecule has 33 heavy (non-hydrogen) atoms. The average Bonchev–Trinajstić information content (AvgIpc) is 2.81. The fourth-order valence-corrected chi connectivity index (χ4v) is 3.48. The van der Waals surface area contributed by atoms with E-state index in [1.807, 2.05) is 57.2 Å². The highest BCUT2D eigenvalue weighted by Gasteiger charge is 2.28. The Morgan fingerprint density at radius 2 is 1.67 bits per heavy atom. The molecular weight excluding hydrogens is 440 g/mol. The van der Waals surface area contributed by atoms with Crippen LogP contribution in [0.25, 0.3) is 0 Å². The van der Waals surface area contributed by atoms with E-state index in [1.54, 1.807) is 24.1 Å². The summed E-state index contributed by atoms with van der Waals surface area (Å²) >= 11 is 6.01. The fraction of sp³-hybridized carbons (Fsp3) is 0.462. The van der Waals surface area contributed by atoms with Gasteiger partial charge in [-0.1, -0.05) is 44.5 Å². The molecule has 0 saturated heterocycles. The third-order valence-electron chi connectivity index (χ3n) is 5.20. The molecule has 0 saturated carbocycles. The van der Waals surface area contributed by atoms with Crippen LogP contribution in [0.2, 0.25) is 5.02 Å². The summed E-state index contributed by atoms with van der Waals surface area (Å²) in [6, 6.07) is 14.1. The summed E-state index contributed by atoms with van der Waals surface area (Å²) in [7, 11) is 1.62. The van der Waals surface area contributed by atoms with Crippen LogP contribution in [-0.2, 0) is 16.1 Å². The van der Waals surface area contributed by atoms with Crippen LogP contribution >= 0.6 is 11.6 Å². The number of hydrogen-bond acceptors (Lipinski definition) is 4. The van der Waals surface area contributed by atoms with Gasteiger partial charge in [0.2, 0.25) is 11.8 Å². The molecular formula is C26H35ClN2O4. The maximum atomic E-state index is 13.2. The highest BCUT2D eigenvalue weighted by atomic mass is 35.5. The van der Waals surface area contributed by atoms with Crippen LogP contribution in [0, 0.1) is 5.92 Å². The van der Waals surface area contributed by atoms with E-state index in [-0.39, 0.29) is 18.2 Å². The van der Waals surface area contributed by atoms with Crippen molar-refractivity contribution in [3.05, 3.63) is 59.1 Å². The largest absolute Gasteiger partial charge is 0.497 e. The molecule has 0 aliphatic heterocycles. The monoisotopic (exact) mass is 474 g/mol. The first-order valence-electron chi connectivity index (χ1n) is 11.4. The van der Waals surface area contributed by atoms with Gasteiger partial charge in [-0.25, -0.2) is 0 Å². The van der Waals surface area contributed by atoms with E-state index >= 15 is 0 Å². The zero-order valence-electron chi connectivity index (χ0n) is 20.0. The summed E-state index contributed by atoms with van der Waals surface area (Å²) in [4.78, 5) is 27.7. The molecule has 7 heteroatoms. The SMILES string of the molecule is CC[C@H](C(=O)NCC(C)C)N(Cc1ccc(Cl)cc1)C(=O)CCCOc1ccc(OC)cc1. The van der Waals surface area contributed by atoms with Gasteiger partial charge in [0.1, 0.15) is 17.5 Å². The van der Waals surface area contributed by atoms with E-state index in [0.29, 0.717) is 43.5 Å². The molecule has 2 aromatic carbocycles. The molecule has 2 aromatic rings. The van der Waals surface area contributed by atoms with Crippen molar-refractivity contribution in [2.45, 2.75) is 52.6 Å². The standard InChI is InChI=1S/C26H35ClN2O4/c1-5-24(26(31)28-17-19(2)3)29(18-20-8-10-21(27)11-9-20)25(30)7-6-16-33-23-14-12-22(32-4)13-15-23/h8-15,19,24H,5-7,16-18H2,1-4H3,(H,28,31)/t24-/m1/s1. The highest BCUT2D eigenvalue weighted by molar-refractivity contribution is 6.30. The number of benzene rings is 2. The fourth-order valence-electron chi connectivity index (χ4n) is 3.36. The molecule has 0 aromatic heterocycles. The van der Waals surface area contributed by atoms with Gasteiger partial charge in [0.25, 0.3) is 0 Å². The number of nitrogens with zero attached hydrogens (tertiary/aromatic N) is 1. The van der Waals surface area contributed by atoms with E-state index in [4.69, 9.17) is 21.1 Å². The average molecular weight is 475 g/mol. The number of carbonyl (C=O) groups excluding carboxylic acids is 2. The van der Waals surface area contributed by atoms with Crippen LogP contribution in [0.4, 0.5) is 0 Å². The third-order valence-corrected chi connectivity index (χ3v) is 5.45. The lowest BCUT2D eigenvalue weighted by molar-refractivity contribution is -0.141. The number of halogens is 1. The number of carbonyl (C=O) groups is 2. The van der Waals surface area contributed by atoms with E-state index in [1.165, 1.54) is 0 Å². The molecule has 0 aliphatic rings. The molecule has 0 bridgehead atoms. The van der Waals surface area contributed by atoms with Crippen molar-refractivity contribution in [2.24, 2.45) is 5.92 Å². The summed E-state index contributed by atoms with van der Waals surface area (Å²) in [5.74, 6) is 1.62. The first kappa shape index (κ1) is 26.5. The van der Waals surface area contributed by atoms with Crippen LogP contribution in [0.3, 0.4) is 0 Å². The molecule has 0 radical (unpaired) electrons. The predicted molar refractivity (Wildman–Crippen MR) is 132 cm³/mol. The summed E-state index contributed by atoms with van der Waals surface area (Å²) in [6.07, 6.45) is 1.37. The number of hydrogen-bond donors (Lipinski definition) is 1. The number of rotatable bonds is 13. The Kier molecular flexibility index (Phi) is 11.0. The zero-order chi connectivity index (χ0) is 24.2. The predicted octanol–water partition coefficient (Wildman–Crippen LogP) is 5.09. The number of amides is 2. The molecule has 2 rings (SSSR count). The van der Waals surface area contributed by atoms with Crippen molar-refractivity contribution in [2.75, 3.05) is 20.3 Å². The van der Waals surface area contributed by atoms with Crippen molar-refractivity contribution >= 4 is 23.4 Å². The van der Waals surface area contributed by atoms with Crippen LogP contribution in [0.1, 0.15) is 45.6 Å². The minimum absolute atomic E-state index is 0.0742. The Labute approximate surface area is 202 Å². The minimum Gasteiger partial charge on any atom is -0.497 e. The van der Waals surface area contributed by atoms with Crippen LogP contribution < -0.4 is 14.8 Å². The van der Waals surface area contributed by atoms with Gasteiger partial charge in [-0.2, -0.15) is 0 Å². The van der Waals surface area contributed by atoms with Gasteiger partial charge in [-0.05, 0) is 60.7 Å². The maximum absolute atomic E-state index is 13.2. The van der Waals surface area contributed by atoms with E-state index in [9.17, 15) is 9.59 Å². The van der Waals surface area contributed by atoms with Gasteiger partial charge < -0.3 is 19.7 Å². The van der Waals surface area contributed by atoms with Crippen molar-refractivity contribution in [3.63, 3.8) is 0 Å². The van der Waals surface area contributed by atoms with E-state index in [0.717, 1.165) is 17.1 Å². The third kappa shape index (κ3) is 8.97. The smallest absolute Gasteiger partial charge is 0.242 e. The Hall–Kier alpha value is -2.73. The lowest BCUT2D eigenvalue weighted by Gasteiger charge is -2.31. The second kappa shape index (κ2) is 13.7. The number of ether oxygens (including phenoxy) is 2. The second-order valence-electron chi connectivity index (χ2n) is 8.34. The quantitative estimate of drug-likeness (QED) is 0.411. The van der Waals surface area contributed by atoms with Gasteiger partial charge in [0, 0.05) is 24.5 Å². The molecule has 0 aliphatic carbocycles. The van der Waals surface area contributed by atoms with Gasteiger partial charge in [0.15, 0.2) is 0 Å². The Balaban J connectivity index is 2.02. The first-order valence-corrected chi connectivity index (χ1v) is 11.8. The van der Waals surface area contributed by atoms with Gasteiger partial charge in [-0.3, -0.25) is 9.59 Å². The lowest BCUT2D eigenvalue weighted by atomic mass is 10.1. The minimum atomic E-state index is -0.533. The number of nitrogens with one attached hydrogen (secondary N) is 1. The Morgan fingerprint density at radius 3 is 2.24 bits per heavy atom. The van der Waals surface area contributed by atoms with Crippen molar-refractivity contribution in [1.29, 1.82) is 0 Å². The maximum Gasteiger partial charge on any atom is 0.242 e. The Bertz CT molecular complexity index is 869. The van der Waals surface area contributed by atoms with Crippen LogP contribution in [-0.4, -0.2) is 43.0 Å². The van der Waals surface area contributed by atoms with Crippen molar-refractivity contribution in [1.82, 2.24) is 10.2 Å². The molecule has 0 spiro atoms. The molecule has 6 nitrogen and oxygen atoms in total. The Morgan fingerprint density at radius 1 is 1.03 bits per heavy atom. The molecule has 1 atom stereocenters. The number of methoxy groups -OCH3 is 1. The second-order valence-corrected chi connectivity index (χ2v) is 8.78. The van der Waals surface area contributed by atoms with Crippen molar-refractivity contribution in [3.8, 4) is 11.5 Å². The van der Waals surface area contributed by atoms with Crippen molar-refractivity contribution < 1.29 is 19.1 Å². The molecule has 0 fully saturated rings. The molecule has 1 N–H and O–H groups in total. The summed E-state index contributed by atoms with van der Waals surface area (Å²) in [5.41, 5.74) is 0.928. The first-order chi connectivity index (χ1) is 15.8. The lowest BCUT2D eigenvalue weighted by Crippen LogP contribution is -2.49. The molecule has 0 unspecified atom stereocenters.